The standard InChI is InChI=1S/C17H16BrF3N2O3S/c18-13-6-7-16(15(12-13)26-17(19,20)21)27(24,25)23-10-8-22(9-11-23)14-4-2-1-3-5-14/h1-7,12H,8-11H2. The van der Waals surface area contributed by atoms with E-state index in [9.17, 15) is 21.6 Å². The number of rotatable bonds is 4. The first-order valence-corrected chi connectivity index (χ1v) is 10.3. The quantitative estimate of drug-likeness (QED) is 0.689. The van der Waals surface area contributed by atoms with Gasteiger partial charge in [-0.1, -0.05) is 34.1 Å². The normalized spacial score (nSPS) is 16.4. The van der Waals surface area contributed by atoms with Crippen LogP contribution in [-0.4, -0.2) is 45.3 Å². The Hall–Kier alpha value is -1.78. The maximum absolute atomic E-state index is 12.9. The number of sulfonamides is 1. The highest BCUT2D eigenvalue weighted by Crippen LogP contribution is 2.34. The smallest absolute Gasteiger partial charge is 0.404 e. The lowest BCUT2D eigenvalue weighted by molar-refractivity contribution is -0.275. The number of hydrogen-bond donors (Lipinski definition) is 0. The minimum absolute atomic E-state index is 0.165. The van der Waals surface area contributed by atoms with Crippen LogP contribution in [0.15, 0.2) is 57.9 Å². The molecule has 3 rings (SSSR count). The molecule has 0 aliphatic carbocycles. The third kappa shape index (κ3) is 4.74. The number of nitrogens with zero attached hydrogens (tertiary/aromatic N) is 2. The van der Waals surface area contributed by atoms with Crippen LogP contribution in [0.1, 0.15) is 0 Å². The fourth-order valence-corrected chi connectivity index (χ4v) is 4.72. The molecule has 0 aromatic heterocycles. The van der Waals surface area contributed by atoms with Crippen LogP contribution in [0.25, 0.3) is 0 Å². The number of anilines is 1. The lowest BCUT2D eigenvalue weighted by atomic mass is 10.2. The first-order chi connectivity index (χ1) is 12.7. The molecular formula is C17H16BrF3N2O3S. The minimum Gasteiger partial charge on any atom is -0.404 e. The zero-order chi connectivity index (χ0) is 19.7. The van der Waals surface area contributed by atoms with E-state index in [0.717, 1.165) is 17.8 Å². The lowest BCUT2D eigenvalue weighted by Gasteiger charge is -2.35. The van der Waals surface area contributed by atoms with Gasteiger partial charge in [-0.2, -0.15) is 4.31 Å². The largest absolute Gasteiger partial charge is 0.573 e. The van der Waals surface area contributed by atoms with Crippen molar-refractivity contribution in [1.29, 1.82) is 0 Å². The molecule has 146 valence electrons. The molecule has 1 fully saturated rings. The summed E-state index contributed by atoms with van der Waals surface area (Å²) in [5, 5.41) is 0. The number of ether oxygens (including phenoxy) is 1. The fourth-order valence-electron chi connectivity index (χ4n) is 2.86. The number of halogens is 4. The molecule has 1 heterocycles. The molecule has 5 nitrogen and oxygen atoms in total. The molecule has 0 saturated carbocycles. The van der Waals surface area contributed by atoms with Crippen molar-refractivity contribution in [3.63, 3.8) is 0 Å². The summed E-state index contributed by atoms with van der Waals surface area (Å²) in [6.07, 6.45) is -4.99. The van der Waals surface area contributed by atoms with Crippen molar-refractivity contribution in [3.8, 4) is 5.75 Å². The molecule has 27 heavy (non-hydrogen) atoms. The Morgan fingerprint density at radius 2 is 1.59 bits per heavy atom. The van der Waals surface area contributed by atoms with Gasteiger partial charge in [-0.05, 0) is 30.3 Å². The second-order valence-electron chi connectivity index (χ2n) is 5.87. The molecule has 2 aromatic rings. The summed E-state index contributed by atoms with van der Waals surface area (Å²) in [5.74, 6) is -0.748. The molecule has 0 radical (unpaired) electrons. The Morgan fingerprint density at radius 1 is 0.963 bits per heavy atom. The summed E-state index contributed by atoms with van der Waals surface area (Å²) in [7, 11) is -4.13. The SMILES string of the molecule is O=S(=O)(c1ccc(Br)cc1OC(F)(F)F)N1CCN(c2ccccc2)CC1. The Kier molecular flexibility index (Phi) is 5.68. The van der Waals surface area contributed by atoms with Crippen LogP contribution in [0.2, 0.25) is 0 Å². The topological polar surface area (TPSA) is 49.9 Å². The number of para-hydroxylation sites is 1. The first-order valence-electron chi connectivity index (χ1n) is 8.02. The Labute approximate surface area is 163 Å². The molecule has 1 saturated heterocycles. The van der Waals surface area contributed by atoms with Gasteiger partial charge < -0.3 is 9.64 Å². The Bertz CT molecular complexity index is 899. The summed E-state index contributed by atoms with van der Waals surface area (Å²) < 4.78 is 69.2. The Morgan fingerprint density at radius 3 is 2.19 bits per heavy atom. The minimum atomic E-state index is -4.99. The third-order valence-corrected chi connectivity index (χ3v) is 6.54. The van der Waals surface area contributed by atoms with E-state index in [-0.39, 0.29) is 17.6 Å². The van der Waals surface area contributed by atoms with Gasteiger partial charge in [-0.3, -0.25) is 0 Å². The van der Waals surface area contributed by atoms with Crippen LogP contribution in [0.3, 0.4) is 0 Å². The maximum Gasteiger partial charge on any atom is 0.573 e. The van der Waals surface area contributed by atoms with E-state index in [0.29, 0.717) is 13.1 Å². The number of benzene rings is 2. The predicted molar refractivity (Wildman–Crippen MR) is 98.2 cm³/mol. The van der Waals surface area contributed by atoms with E-state index in [1.165, 1.54) is 10.4 Å². The highest BCUT2D eigenvalue weighted by molar-refractivity contribution is 9.10. The number of alkyl halides is 3. The van der Waals surface area contributed by atoms with Gasteiger partial charge in [-0.15, -0.1) is 13.2 Å². The van der Waals surface area contributed by atoms with E-state index in [2.05, 4.69) is 20.7 Å². The van der Waals surface area contributed by atoms with Crippen LogP contribution in [0.4, 0.5) is 18.9 Å². The van der Waals surface area contributed by atoms with Gasteiger partial charge in [-0.25, -0.2) is 8.42 Å². The molecule has 0 atom stereocenters. The van der Waals surface area contributed by atoms with Gasteiger partial charge in [0.25, 0.3) is 0 Å². The van der Waals surface area contributed by atoms with Gasteiger partial charge in [0.05, 0.1) is 0 Å². The second-order valence-corrected chi connectivity index (χ2v) is 8.69. The molecular weight excluding hydrogens is 449 g/mol. The molecule has 10 heteroatoms. The molecule has 0 N–H and O–H groups in total. The lowest BCUT2D eigenvalue weighted by Crippen LogP contribution is -2.48. The second kappa shape index (κ2) is 7.69. The van der Waals surface area contributed by atoms with Crippen molar-refractivity contribution < 1.29 is 26.3 Å². The predicted octanol–water partition coefficient (Wildman–Crippen LogP) is 3.86. The zero-order valence-corrected chi connectivity index (χ0v) is 16.4. The molecule has 0 spiro atoms. The molecule has 2 aromatic carbocycles. The van der Waals surface area contributed by atoms with Crippen LogP contribution >= 0.6 is 15.9 Å². The molecule has 1 aliphatic rings. The van der Waals surface area contributed by atoms with Crippen LogP contribution < -0.4 is 9.64 Å². The van der Waals surface area contributed by atoms with Crippen molar-refractivity contribution in [2.24, 2.45) is 0 Å². The summed E-state index contributed by atoms with van der Waals surface area (Å²) in [6, 6.07) is 13.0. The van der Waals surface area contributed by atoms with Gasteiger partial charge >= 0.3 is 6.36 Å². The Balaban J connectivity index is 1.82. The molecule has 0 bridgehead atoms. The number of hydrogen-bond acceptors (Lipinski definition) is 4. The van der Waals surface area contributed by atoms with E-state index >= 15 is 0 Å². The summed E-state index contributed by atoms with van der Waals surface area (Å²) in [4.78, 5) is 1.52. The summed E-state index contributed by atoms with van der Waals surface area (Å²) in [6.45, 7) is 1.21. The van der Waals surface area contributed by atoms with Gasteiger partial charge in [0, 0.05) is 36.3 Å². The van der Waals surface area contributed by atoms with Crippen LogP contribution in [0.5, 0.6) is 5.75 Å². The highest BCUT2D eigenvalue weighted by atomic mass is 79.9. The summed E-state index contributed by atoms with van der Waals surface area (Å²) >= 11 is 3.04. The van der Waals surface area contributed by atoms with E-state index in [4.69, 9.17) is 0 Å². The highest BCUT2D eigenvalue weighted by Gasteiger charge is 2.36. The van der Waals surface area contributed by atoms with Crippen LogP contribution in [0, 0.1) is 0 Å². The molecule has 0 unspecified atom stereocenters. The summed E-state index contributed by atoms with van der Waals surface area (Å²) in [5.41, 5.74) is 0.972. The fraction of sp³-hybridized carbons (Fsp3) is 0.294. The maximum atomic E-state index is 12.9. The van der Waals surface area contributed by atoms with E-state index < -0.39 is 27.0 Å². The van der Waals surface area contributed by atoms with Crippen molar-refractivity contribution in [2.45, 2.75) is 11.3 Å². The zero-order valence-electron chi connectivity index (χ0n) is 14.0. The van der Waals surface area contributed by atoms with Gasteiger partial charge in [0.2, 0.25) is 10.0 Å². The number of piperazine rings is 1. The average molecular weight is 465 g/mol. The average Bonchev–Trinajstić information content (AvgIpc) is 2.61. The third-order valence-electron chi connectivity index (χ3n) is 4.11. The van der Waals surface area contributed by atoms with E-state index in [1.54, 1.807) is 0 Å². The van der Waals surface area contributed by atoms with Gasteiger partial charge in [0.1, 0.15) is 4.90 Å². The van der Waals surface area contributed by atoms with Crippen molar-refractivity contribution in [2.75, 3.05) is 31.1 Å². The van der Waals surface area contributed by atoms with Gasteiger partial charge in [0.15, 0.2) is 5.75 Å². The van der Waals surface area contributed by atoms with E-state index in [1.807, 2.05) is 35.2 Å². The van der Waals surface area contributed by atoms with Crippen LogP contribution in [-0.2, 0) is 10.0 Å². The first kappa shape index (κ1) is 20.0. The van der Waals surface area contributed by atoms with Crippen molar-refractivity contribution in [3.05, 3.63) is 53.0 Å². The molecule has 0 amide bonds. The monoisotopic (exact) mass is 464 g/mol. The van der Waals surface area contributed by atoms with Crippen molar-refractivity contribution >= 4 is 31.6 Å². The van der Waals surface area contributed by atoms with Crippen molar-refractivity contribution in [1.82, 2.24) is 4.31 Å². The molecule has 1 aliphatic heterocycles.